The summed E-state index contributed by atoms with van der Waals surface area (Å²) in [6, 6.07) is 7.42. The smallest absolute Gasteiger partial charge is 0.164 e. The third-order valence-corrected chi connectivity index (χ3v) is 2.96. The average Bonchev–Trinajstić information content (AvgIpc) is 2.83. The van der Waals surface area contributed by atoms with E-state index in [9.17, 15) is 5.11 Å². The summed E-state index contributed by atoms with van der Waals surface area (Å²) in [4.78, 5) is 4.22. The fourth-order valence-corrected chi connectivity index (χ4v) is 1.89. The van der Waals surface area contributed by atoms with Crippen LogP contribution < -0.4 is 4.74 Å². The monoisotopic (exact) mass is 275 g/mol. The molecular weight excluding hydrogens is 254 g/mol. The molecule has 5 heteroatoms. The number of hydrogen-bond acceptors (Lipinski definition) is 4. The van der Waals surface area contributed by atoms with Gasteiger partial charge in [0.2, 0.25) is 0 Å². The fraction of sp³-hybridized carbons (Fsp3) is 0.467. The standard InChI is InChI=1S/C15H21N3O2/c1-11(2)8-18-15(16-10-17-18)9-20-14-6-4-13(5-7-14)12(3)19/h4-7,10-12,19H,8-9H2,1-3H3/t12-/m0/s1. The number of nitrogens with zero attached hydrogens (tertiary/aromatic N) is 3. The Bertz CT molecular complexity index is 532. The largest absolute Gasteiger partial charge is 0.486 e. The lowest BCUT2D eigenvalue weighted by Crippen LogP contribution is -2.12. The van der Waals surface area contributed by atoms with Gasteiger partial charge in [0, 0.05) is 6.54 Å². The molecule has 20 heavy (non-hydrogen) atoms. The molecule has 0 amide bonds. The van der Waals surface area contributed by atoms with Crippen molar-refractivity contribution in [2.75, 3.05) is 0 Å². The summed E-state index contributed by atoms with van der Waals surface area (Å²) in [5, 5.41) is 13.7. The van der Waals surface area contributed by atoms with E-state index in [0.29, 0.717) is 12.5 Å². The van der Waals surface area contributed by atoms with Crippen LogP contribution in [0, 0.1) is 5.92 Å². The Morgan fingerprint density at radius 3 is 2.50 bits per heavy atom. The zero-order chi connectivity index (χ0) is 14.5. The van der Waals surface area contributed by atoms with Crippen molar-refractivity contribution in [2.24, 2.45) is 5.92 Å². The first-order valence-electron chi connectivity index (χ1n) is 6.83. The van der Waals surface area contributed by atoms with E-state index in [-0.39, 0.29) is 0 Å². The van der Waals surface area contributed by atoms with Crippen molar-refractivity contribution in [2.45, 2.75) is 40.0 Å². The quantitative estimate of drug-likeness (QED) is 0.880. The lowest BCUT2D eigenvalue weighted by molar-refractivity contribution is 0.199. The summed E-state index contributed by atoms with van der Waals surface area (Å²) in [5.74, 6) is 2.09. The van der Waals surface area contributed by atoms with Crippen LogP contribution in [0.3, 0.4) is 0 Å². The highest BCUT2D eigenvalue weighted by Crippen LogP contribution is 2.18. The van der Waals surface area contributed by atoms with Crippen LogP contribution in [0.25, 0.3) is 0 Å². The lowest BCUT2D eigenvalue weighted by Gasteiger charge is -2.10. The Morgan fingerprint density at radius 1 is 1.20 bits per heavy atom. The van der Waals surface area contributed by atoms with Crippen LogP contribution in [-0.4, -0.2) is 19.9 Å². The maximum absolute atomic E-state index is 9.45. The van der Waals surface area contributed by atoms with Gasteiger partial charge in [0.1, 0.15) is 18.7 Å². The fourth-order valence-electron chi connectivity index (χ4n) is 1.89. The normalized spacial score (nSPS) is 12.7. The van der Waals surface area contributed by atoms with Crippen LogP contribution in [0.4, 0.5) is 0 Å². The van der Waals surface area contributed by atoms with Gasteiger partial charge >= 0.3 is 0 Å². The Labute approximate surface area is 119 Å². The minimum Gasteiger partial charge on any atom is -0.486 e. The second-order valence-corrected chi connectivity index (χ2v) is 5.29. The minimum absolute atomic E-state index is 0.390. The van der Waals surface area contributed by atoms with Crippen LogP contribution >= 0.6 is 0 Å². The molecule has 108 valence electrons. The molecule has 1 heterocycles. The Kier molecular flexibility index (Phi) is 4.74. The summed E-state index contributed by atoms with van der Waals surface area (Å²) in [6.45, 7) is 7.24. The zero-order valence-electron chi connectivity index (χ0n) is 12.2. The Hall–Kier alpha value is -1.88. The summed E-state index contributed by atoms with van der Waals surface area (Å²) in [7, 11) is 0. The maximum atomic E-state index is 9.45. The van der Waals surface area contributed by atoms with E-state index in [1.165, 1.54) is 0 Å². The van der Waals surface area contributed by atoms with E-state index in [1.54, 1.807) is 13.3 Å². The molecule has 0 aliphatic rings. The van der Waals surface area contributed by atoms with Crippen LogP contribution in [0.15, 0.2) is 30.6 Å². The van der Waals surface area contributed by atoms with Gasteiger partial charge in [0.05, 0.1) is 6.10 Å². The van der Waals surface area contributed by atoms with E-state index in [2.05, 4.69) is 23.9 Å². The number of rotatable bonds is 6. The van der Waals surface area contributed by atoms with E-state index in [0.717, 1.165) is 23.7 Å². The topological polar surface area (TPSA) is 60.2 Å². The van der Waals surface area contributed by atoms with E-state index in [4.69, 9.17) is 4.74 Å². The summed E-state index contributed by atoms with van der Waals surface area (Å²) in [5.41, 5.74) is 0.875. The molecule has 0 unspecified atom stereocenters. The third kappa shape index (κ3) is 3.81. The summed E-state index contributed by atoms with van der Waals surface area (Å²) >= 11 is 0. The molecule has 0 saturated carbocycles. The number of hydrogen-bond donors (Lipinski definition) is 1. The van der Waals surface area contributed by atoms with Crippen LogP contribution in [0.5, 0.6) is 5.75 Å². The number of benzene rings is 1. The van der Waals surface area contributed by atoms with Gasteiger partial charge in [0.15, 0.2) is 5.82 Å². The Balaban J connectivity index is 1.96. The van der Waals surface area contributed by atoms with Crippen molar-refractivity contribution in [1.82, 2.24) is 14.8 Å². The second kappa shape index (κ2) is 6.52. The Morgan fingerprint density at radius 2 is 1.90 bits per heavy atom. The van der Waals surface area contributed by atoms with Crippen molar-refractivity contribution < 1.29 is 9.84 Å². The first-order chi connectivity index (χ1) is 9.56. The van der Waals surface area contributed by atoms with Crippen molar-refractivity contribution in [3.63, 3.8) is 0 Å². The van der Waals surface area contributed by atoms with Crippen LogP contribution in [0.2, 0.25) is 0 Å². The molecule has 0 aliphatic heterocycles. The van der Waals surface area contributed by atoms with Gasteiger partial charge in [-0.1, -0.05) is 26.0 Å². The van der Waals surface area contributed by atoms with E-state index >= 15 is 0 Å². The lowest BCUT2D eigenvalue weighted by atomic mass is 10.1. The van der Waals surface area contributed by atoms with E-state index < -0.39 is 6.10 Å². The molecule has 0 saturated heterocycles. The van der Waals surface area contributed by atoms with Crippen LogP contribution in [0.1, 0.15) is 38.3 Å². The van der Waals surface area contributed by atoms with E-state index in [1.807, 2.05) is 28.9 Å². The first kappa shape index (κ1) is 14.5. The number of aliphatic hydroxyl groups is 1. The summed E-state index contributed by atoms with van der Waals surface area (Å²) < 4.78 is 7.57. The number of aliphatic hydroxyl groups excluding tert-OH is 1. The molecule has 0 fully saturated rings. The third-order valence-electron chi connectivity index (χ3n) is 2.96. The molecule has 2 aromatic rings. The van der Waals surface area contributed by atoms with Gasteiger partial charge in [-0.05, 0) is 30.5 Å². The molecule has 5 nitrogen and oxygen atoms in total. The van der Waals surface area contributed by atoms with Crippen molar-refractivity contribution in [3.8, 4) is 5.75 Å². The van der Waals surface area contributed by atoms with Gasteiger partial charge in [-0.3, -0.25) is 0 Å². The highest BCUT2D eigenvalue weighted by Gasteiger charge is 2.07. The van der Waals surface area contributed by atoms with Gasteiger partial charge in [-0.2, -0.15) is 5.10 Å². The molecular formula is C15H21N3O2. The SMILES string of the molecule is CC(C)Cn1ncnc1COc1ccc([C@H](C)O)cc1. The van der Waals surface area contributed by atoms with Gasteiger partial charge < -0.3 is 9.84 Å². The predicted octanol–water partition coefficient (Wildman–Crippen LogP) is 2.57. The molecule has 0 radical (unpaired) electrons. The number of ether oxygens (including phenoxy) is 1. The predicted molar refractivity (Wildman–Crippen MR) is 76.3 cm³/mol. The van der Waals surface area contributed by atoms with Gasteiger partial charge in [-0.25, -0.2) is 9.67 Å². The molecule has 0 bridgehead atoms. The molecule has 1 N–H and O–H groups in total. The van der Waals surface area contributed by atoms with Crippen LogP contribution in [-0.2, 0) is 13.2 Å². The first-order valence-corrected chi connectivity index (χ1v) is 6.83. The van der Waals surface area contributed by atoms with Crippen molar-refractivity contribution >= 4 is 0 Å². The second-order valence-electron chi connectivity index (χ2n) is 5.29. The molecule has 1 aromatic heterocycles. The zero-order valence-corrected chi connectivity index (χ0v) is 12.2. The molecule has 2 rings (SSSR count). The summed E-state index contributed by atoms with van der Waals surface area (Å²) in [6.07, 6.45) is 1.09. The molecule has 0 aliphatic carbocycles. The number of aromatic nitrogens is 3. The molecule has 1 aromatic carbocycles. The van der Waals surface area contributed by atoms with Gasteiger partial charge in [-0.15, -0.1) is 0 Å². The highest BCUT2D eigenvalue weighted by molar-refractivity contribution is 5.28. The average molecular weight is 275 g/mol. The van der Waals surface area contributed by atoms with Crippen molar-refractivity contribution in [1.29, 1.82) is 0 Å². The maximum Gasteiger partial charge on any atom is 0.164 e. The van der Waals surface area contributed by atoms with Crippen molar-refractivity contribution in [3.05, 3.63) is 42.0 Å². The highest BCUT2D eigenvalue weighted by atomic mass is 16.5. The molecule has 1 atom stereocenters. The minimum atomic E-state index is -0.460. The van der Waals surface area contributed by atoms with Gasteiger partial charge in [0.25, 0.3) is 0 Å². The molecule has 0 spiro atoms.